The lowest BCUT2D eigenvalue weighted by molar-refractivity contribution is -0.167. The number of benzene rings is 3. The highest BCUT2D eigenvalue weighted by molar-refractivity contribution is 5.88. The zero-order valence-corrected chi connectivity index (χ0v) is 23.5. The second-order valence-corrected chi connectivity index (χ2v) is 9.59. The standard InChI is InChI=1S/C30H34N2O4.2ClH/c1-34-26-15-13-25(14-16-26)30(21-27(30)35-2)29(33)36-28(24-11-7-4-8-12-24)32-19-17-31(18-20-32)22-23-9-5-3-6-10-23;;/h3-16,27-28H,17-22H2,1-2H3;2*1H/t27-,28?,30-;;/m1../s1. The number of piperazine rings is 1. The second kappa shape index (κ2) is 13.5. The summed E-state index contributed by atoms with van der Waals surface area (Å²) in [6.45, 7) is 4.41. The van der Waals surface area contributed by atoms with Gasteiger partial charge >= 0.3 is 5.97 Å². The predicted molar refractivity (Wildman–Crippen MR) is 153 cm³/mol. The van der Waals surface area contributed by atoms with E-state index >= 15 is 0 Å². The smallest absolute Gasteiger partial charge is 0.321 e. The van der Waals surface area contributed by atoms with E-state index in [-0.39, 0.29) is 36.9 Å². The Morgan fingerprint density at radius 2 is 1.47 bits per heavy atom. The first kappa shape index (κ1) is 29.9. The highest BCUT2D eigenvalue weighted by Gasteiger charge is 2.64. The van der Waals surface area contributed by atoms with Gasteiger partial charge in [-0.3, -0.25) is 14.6 Å². The molecule has 5 rings (SSSR count). The Labute approximate surface area is 237 Å². The maximum absolute atomic E-state index is 13.8. The lowest BCUT2D eigenvalue weighted by Crippen LogP contribution is -2.48. The fourth-order valence-corrected chi connectivity index (χ4v) is 5.22. The molecule has 2 aliphatic rings. The Bertz CT molecular complexity index is 1140. The van der Waals surface area contributed by atoms with E-state index < -0.39 is 11.6 Å². The van der Waals surface area contributed by atoms with Crippen molar-refractivity contribution >= 4 is 30.8 Å². The lowest BCUT2D eigenvalue weighted by Gasteiger charge is -2.39. The first-order valence-electron chi connectivity index (χ1n) is 12.6. The number of methoxy groups -OCH3 is 2. The van der Waals surface area contributed by atoms with Crippen LogP contribution in [0.5, 0.6) is 5.75 Å². The summed E-state index contributed by atoms with van der Waals surface area (Å²) in [7, 11) is 3.29. The first-order chi connectivity index (χ1) is 17.6. The molecular formula is C30H36Cl2N2O4. The normalized spacial score (nSPS) is 21.9. The van der Waals surface area contributed by atoms with Crippen molar-refractivity contribution in [2.45, 2.75) is 30.7 Å². The van der Waals surface area contributed by atoms with Crippen molar-refractivity contribution in [2.75, 3.05) is 40.4 Å². The molecule has 3 atom stereocenters. The molecule has 1 saturated carbocycles. The van der Waals surface area contributed by atoms with Crippen molar-refractivity contribution in [2.24, 2.45) is 0 Å². The Kier molecular flexibility index (Phi) is 10.6. The molecule has 3 aromatic rings. The molecule has 0 radical (unpaired) electrons. The molecule has 2 fully saturated rings. The van der Waals surface area contributed by atoms with Crippen LogP contribution in [0.4, 0.5) is 0 Å². The quantitative estimate of drug-likeness (QED) is 0.334. The molecule has 0 bridgehead atoms. The maximum atomic E-state index is 13.8. The zero-order chi connectivity index (χ0) is 25.0. The summed E-state index contributed by atoms with van der Waals surface area (Å²) in [6.07, 6.45) is -0.0237. The third-order valence-electron chi connectivity index (χ3n) is 7.44. The summed E-state index contributed by atoms with van der Waals surface area (Å²) in [5, 5.41) is 0. The van der Waals surface area contributed by atoms with Crippen LogP contribution >= 0.6 is 24.8 Å². The predicted octanol–water partition coefficient (Wildman–Crippen LogP) is 5.26. The average molecular weight is 560 g/mol. The van der Waals surface area contributed by atoms with E-state index in [9.17, 15) is 4.79 Å². The molecule has 6 nitrogen and oxygen atoms in total. The SMILES string of the molecule is COc1ccc([C@]2(C(=O)OC(c3ccccc3)N3CCN(Cc4ccccc4)CC3)C[C@H]2OC)cc1.Cl.Cl. The van der Waals surface area contributed by atoms with Crippen LogP contribution in [0.15, 0.2) is 84.9 Å². The summed E-state index contributed by atoms with van der Waals surface area (Å²) in [5.74, 6) is 0.521. The van der Waals surface area contributed by atoms with E-state index in [1.807, 2.05) is 60.7 Å². The Morgan fingerprint density at radius 3 is 2.03 bits per heavy atom. The van der Waals surface area contributed by atoms with Crippen LogP contribution in [0.3, 0.4) is 0 Å². The summed E-state index contributed by atoms with van der Waals surface area (Å²) in [5.41, 5.74) is 2.42. The van der Waals surface area contributed by atoms with E-state index in [2.05, 4.69) is 34.1 Å². The minimum Gasteiger partial charge on any atom is -0.497 e. The highest BCUT2D eigenvalue weighted by Crippen LogP contribution is 2.52. The Morgan fingerprint density at radius 1 is 0.868 bits per heavy atom. The molecule has 38 heavy (non-hydrogen) atoms. The van der Waals surface area contributed by atoms with Gasteiger partial charge in [-0.25, -0.2) is 0 Å². The van der Waals surface area contributed by atoms with E-state index in [1.165, 1.54) is 5.56 Å². The number of nitrogens with zero attached hydrogens (tertiary/aromatic N) is 2. The first-order valence-corrected chi connectivity index (χ1v) is 12.6. The number of hydrogen-bond donors (Lipinski definition) is 0. The molecule has 1 aliphatic carbocycles. The van der Waals surface area contributed by atoms with Crippen LogP contribution in [-0.4, -0.2) is 62.3 Å². The zero-order valence-electron chi connectivity index (χ0n) is 21.8. The minimum atomic E-state index is -0.789. The second-order valence-electron chi connectivity index (χ2n) is 9.59. The van der Waals surface area contributed by atoms with Gasteiger partial charge in [-0.05, 0) is 29.7 Å². The molecule has 204 valence electrons. The molecular weight excluding hydrogens is 523 g/mol. The molecule has 0 aromatic heterocycles. The van der Waals surface area contributed by atoms with Gasteiger partial charge in [0, 0.05) is 45.4 Å². The van der Waals surface area contributed by atoms with Gasteiger partial charge < -0.3 is 14.2 Å². The number of ether oxygens (including phenoxy) is 3. The highest BCUT2D eigenvalue weighted by atomic mass is 35.5. The van der Waals surface area contributed by atoms with Crippen LogP contribution < -0.4 is 4.74 Å². The van der Waals surface area contributed by atoms with Crippen LogP contribution in [0.2, 0.25) is 0 Å². The molecule has 0 spiro atoms. The Balaban J connectivity index is 0.00000200. The van der Waals surface area contributed by atoms with E-state index in [0.29, 0.717) is 6.42 Å². The van der Waals surface area contributed by atoms with Crippen molar-refractivity contribution in [1.29, 1.82) is 0 Å². The van der Waals surface area contributed by atoms with Crippen LogP contribution in [-0.2, 0) is 26.2 Å². The van der Waals surface area contributed by atoms with Gasteiger partial charge in [0.1, 0.15) is 11.2 Å². The molecule has 3 aromatic carbocycles. The van der Waals surface area contributed by atoms with Gasteiger partial charge in [-0.2, -0.15) is 0 Å². The lowest BCUT2D eigenvalue weighted by atomic mass is 9.95. The molecule has 0 amide bonds. The molecule has 1 unspecified atom stereocenters. The number of esters is 1. The number of halogens is 2. The minimum absolute atomic E-state index is 0. The third-order valence-corrected chi connectivity index (χ3v) is 7.44. The summed E-state index contributed by atoms with van der Waals surface area (Å²) < 4.78 is 17.3. The topological polar surface area (TPSA) is 51.2 Å². The third kappa shape index (κ3) is 6.33. The summed E-state index contributed by atoms with van der Waals surface area (Å²) in [6, 6.07) is 28.3. The van der Waals surface area contributed by atoms with Crippen molar-refractivity contribution < 1.29 is 19.0 Å². The van der Waals surface area contributed by atoms with E-state index in [1.54, 1.807) is 14.2 Å². The van der Waals surface area contributed by atoms with Gasteiger partial charge in [0.25, 0.3) is 0 Å². The van der Waals surface area contributed by atoms with Crippen molar-refractivity contribution in [3.63, 3.8) is 0 Å². The molecule has 8 heteroatoms. The summed E-state index contributed by atoms with van der Waals surface area (Å²) >= 11 is 0. The van der Waals surface area contributed by atoms with Crippen LogP contribution in [0, 0.1) is 0 Å². The van der Waals surface area contributed by atoms with Gasteiger partial charge in [0.2, 0.25) is 0 Å². The number of carbonyl (C=O) groups excluding carboxylic acids is 1. The Hall–Kier alpha value is -2.61. The van der Waals surface area contributed by atoms with Crippen molar-refractivity contribution in [1.82, 2.24) is 9.80 Å². The van der Waals surface area contributed by atoms with E-state index in [0.717, 1.165) is 49.6 Å². The number of carbonyl (C=O) groups is 1. The molecule has 1 heterocycles. The van der Waals surface area contributed by atoms with Gasteiger partial charge in [0.15, 0.2) is 6.23 Å². The molecule has 0 N–H and O–H groups in total. The van der Waals surface area contributed by atoms with Crippen LogP contribution in [0.1, 0.15) is 29.3 Å². The maximum Gasteiger partial charge on any atom is 0.321 e. The van der Waals surface area contributed by atoms with Crippen molar-refractivity contribution in [3.8, 4) is 5.75 Å². The van der Waals surface area contributed by atoms with E-state index in [4.69, 9.17) is 14.2 Å². The fraction of sp³-hybridized carbons (Fsp3) is 0.367. The van der Waals surface area contributed by atoms with Crippen LogP contribution in [0.25, 0.3) is 0 Å². The molecule has 1 saturated heterocycles. The van der Waals surface area contributed by atoms with Gasteiger partial charge in [-0.1, -0.05) is 72.8 Å². The van der Waals surface area contributed by atoms with Crippen molar-refractivity contribution in [3.05, 3.63) is 102 Å². The average Bonchev–Trinajstić information content (AvgIpc) is 3.69. The fourth-order valence-electron chi connectivity index (χ4n) is 5.22. The monoisotopic (exact) mass is 558 g/mol. The van der Waals surface area contributed by atoms with Gasteiger partial charge in [-0.15, -0.1) is 24.8 Å². The van der Waals surface area contributed by atoms with Gasteiger partial charge in [0.05, 0.1) is 13.2 Å². The number of hydrogen-bond acceptors (Lipinski definition) is 6. The number of rotatable bonds is 9. The molecule has 1 aliphatic heterocycles. The summed E-state index contributed by atoms with van der Waals surface area (Å²) in [4.78, 5) is 18.5. The largest absolute Gasteiger partial charge is 0.497 e.